The summed E-state index contributed by atoms with van der Waals surface area (Å²) in [5.41, 5.74) is 0.864. The molecule has 0 saturated carbocycles. The van der Waals surface area contributed by atoms with Crippen LogP contribution < -0.4 is 0 Å². The Morgan fingerprint density at radius 1 is 1.38 bits per heavy atom. The Bertz CT molecular complexity index is 410. The third kappa shape index (κ3) is 4.27. The number of nitro benzene ring substituents is 1. The molecule has 0 aliphatic carbocycles. The van der Waals surface area contributed by atoms with Gasteiger partial charge in [0.2, 0.25) is 8.32 Å². The highest BCUT2D eigenvalue weighted by molar-refractivity contribution is 6.69. The van der Waals surface area contributed by atoms with Gasteiger partial charge in [-0.1, -0.05) is 12.1 Å². The minimum Gasteiger partial charge on any atom is -0.550 e. The van der Waals surface area contributed by atoms with Crippen molar-refractivity contribution in [3.63, 3.8) is 0 Å². The predicted octanol–water partition coefficient (Wildman–Crippen LogP) is 3.42. The van der Waals surface area contributed by atoms with Crippen LogP contribution in [-0.4, -0.2) is 13.2 Å². The number of nitro groups is 1. The Kier molecular flexibility index (Phi) is 3.84. The molecule has 0 N–H and O–H groups in total. The van der Waals surface area contributed by atoms with Crippen LogP contribution in [0.3, 0.4) is 0 Å². The first-order valence-electron chi connectivity index (χ1n) is 4.97. The molecule has 0 spiro atoms. The van der Waals surface area contributed by atoms with Crippen molar-refractivity contribution < 1.29 is 9.35 Å². The molecule has 1 aromatic rings. The molecule has 86 valence electrons. The van der Waals surface area contributed by atoms with Crippen LogP contribution in [0.4, 0.5) is 5.69 Å². The van der Waals surface area contributed by atoms with Crippen LogP contribution >= 0.6 is 0 Å². The predicted molar refractivity (Wildman–Crippen MR) is 66.6 cm³/mol. The summed E-state index contributed by atoms with van der Waals surface area (Å²) in [6, 6.07) is 6.45. The maximum atomic E-state index is 10.5. The second-order valence-electron chi connectivity index (χ2n) is 4.39. The van der Waals surface area contributed by atoms with E-state index in [4.69, 9.17) is 4.43 Å². The minimum absolute atomic E-state index is 0.0927. The molecule has 0 heterocycles. The van der Waals surface area contributed by atoms with Crippen molar-refractivity contribution in [1.29, 1.82) is 0 Å². The summed E-state index contributed by atoms with van der Waals surface area (Å²) >= 11 is 0. The molecule has 0 amide bonds. The summed E-state index contributed by atoms with van der Waals surface area (Å²) in [5.74, 6) is 0. The highest BCUT2D eigenvalue weighted by Gasteiger charge is 2.12. The summed E-state index contributed by atoms with van der Waals surface area (Å²) in [4.78, 5) is 10.1. The Balaban J connectivity index is 2.74. The minimum atomic E-state index is -1.57. The van der Waals surface area contributed by atoms with Gasteiger partial charge >= 0.3 is 0 Å². The summed E-state index contributed by atoms with van der Waals surface area (Å²) in [6.07, 6.45) is 3.36. The van der Waals surface area contributed by atoms with Crippen molar-refractivity contribution in [2.75, 3.05) is 0 Å². The van der Waals surface area contributed by atoms with Gasteiger partial charge in [0.25, 0.3) is 5.69 Å². The summed E-state index contributed by atoms with van der Waals surface area (Å²) in [5, 5.41) is 10.5. The molecular weight excluding hydrogens is 222 g/mol. The van der Waals surface area contributed by atoms with Crippen molar-refractivity contribution in [1.82, 2.24) is 0 Å². The van der Waals surface area contributed by atoms with Crippen LogP contribution in [0.25, 0.3) is 6.08 Å². The molecule has 0 atom stereocenters. The third-order valence-corrected chi connectivity index (χ3v) is 2.61. The van der Waals surface area contributed by atoms with E-state index in [0.717, 1.165) is 5.56 Å². The van der Waals surface area contributed by atoms with Gasteiger partial charge in [-0.25, -0.2) is 0 Å². The molecule has 0 saturated heterocycles. The van der Waals surface area contributed by atoms with Gasteiger partial charge in [-0.3, -0.25) is 10.1 Å². The average molecular weight is 237 g/mol. The summed E-state index contributed by atoms with van der Waals surface area (Å²) < 4.78 is 5.52. The lowest BCUT2D eigenvalue weighted by atomic mass is 10.2. The lowest BCUT2D eigenvalue weighted by molar-refractivity contribution is -0.384. The first-order chi connectivity index (χ1) is 7.38. The van der Waals surface area contributed by atoms with Gasteiger partial charge in [-0.15, -0.1) is 0 Å². The van der Waals surface area contributed by atoms with E-state index in [9.17, 15) is 10.1 Å². The van der Waals surface area contributed by atoms with Crippen molar-refractivity contribution in [2.24, 2.45) is 0 Å². The van der Waals surface area contributed by atoms with E-state index in [2.05, 4.69) is 19.6 Å². The number of nitrogens with zero attached hydrogens (tertiary/aromatic N) is 1. The Morgan fingerprint density at radius 3 is 2.62 bits per heavy atom. The average Bonchev–Trinajstić information content (AvgIpc) is 2.16. The van der Waals surface area contributed by atoms with Crippen LogP contribution in [0, 0.1) is 10.1 Å². The molecule has 5 heteroatoms. The SMILES string of the molecule is C[Si](C)(C)O/C=C/c1cccc([N+](=O)[O-])c1. The lowest BCUT2D eigenvalue weighted by Crippen LogP contribution is -2.21. The molecular formula is C11H15NO3Si. The first-order valence-corrected chi connectivity index (χ1v) is 8.38. The zero-order chi connectivity index (χ0) is 12.2. The highest BCUT2D eigenvalue weighted by Crippen LogP contribution is 2.14. The van der Waals surface area contributed by atoms with E-state index < -0.39 is 13.2 Å². The van der Waals surface area contributed by atoms with E-state index in [0.29, 0.717) is 0 Å². The number of rotatable bonds is 4. The zero-order valence-corrected chi connectivity index (χ0v) is 10.6. The van der Waals surface area contributed by atoms with Gasteiger partial charge in [0, 0.05) is 12.1 Å². The van der Waals surface area contributed by atoms with Crippen LogP contribution in [0.2, 0.25) is 19.6 Å². The van der Waals surface area contributed by atoms with Crippen molar-refractivity contribution in [2.45, 2.75) is 19.6 Å². The molecule has 1 aromatic carbocycles. The number of benzene rings is 1. The van der Waals surface area contributed by atoms with Crippen LogP contribution in [0.5, 0.6) is 0 Å². The highest BCUT2D eigenvalue weighted by atomic mass is 28.4. The Labute approximate surface area is 95.8 Å². The standard InChI is InChI=1S/C11H15NO3Si/c1-16(2,3)15-8-7-10-5-4-6-11(9-10)12(13)14/h4-9H,1-3H3/b8-7+. The van der Waals surface area contributed by atoms with Crippen LogP contribution in [-0.2, 0) is 4.43 Å². The second-order valence-corrected chi connectivity index (χ2v) is 8.85. The van der Waals surface area contributed by atoms with Gasteiger partial charge in [0.1, 0.15) is 0 Å². The molecule has 0 aliphatic rings. The molecule has 0 bridgehead atoms. The van der Waals surface area contributed by atoms with Crippen LogP contribution in [0.1, 0.15) is 5.56 Å². The zero-order valence-electron chi connectivity index (χ0n) is 9.64. The largest absolute Gasteiger partial charge is 0.550 e. The number of hydrogen-bond acceptors (Lipinski definition) is 3. The van der Waals surface area contributed by atoms with Crippen molar-refractivity contribution >= 4 is 20.1 Å². The quantitative estimate of drug-likeness (QED) is 0.349. The molecule has 0 unspecified atom stereocenters. The van der Waals surface area contributed by atoms with E-state index in [1.54, 1.807) is 24.5 Å². The fraction of sp³-hybridized carbons (Fsp3) is 0.273. The summed E-state index contributed by atoms with van der Waals surface area (Å²) in [6.45, 7) is 6.22. The van der Waals surface area contributed by atoms with E-state index in [1.165, 1.54) is 12.1 Å². The maximum Gasteiger partial charge on any atom is 0.270 e. The van der Waals surface area contributed by atoms with Gasteiger partial charge in [-0.2, -0.15) is 0 Å². The van der Waals surface area contributed by atoms with Crippen LogP contribution in [0.15, 0.2) is 30.5 Å². The van der Waals surface area contributed by atoms with E-state index in [1.807, 2.05) is 0 Å². The smallest absolute Gasteiger partial charge is 0.270 e. The van der Waals surface area contributed by atoms with Gasteiger partial charge < -0.3 is 4.43 Å². The van der Waals surface area contributed by atoms with Gasteiger partial charge in [0.05, 0.1) is 11.2 Å². The molecule has 16 heavy (non-hydrogen) atoms. The molecule has 0 aliphatic heterocycles. The number of hydrogen-bond donors (Lipinski definition) is 0. The van der Waals surface area contributed by atoms with Crippen molar-refractivity contribution in [3.8, 4) is 0 Å². The molecule has 0 aromatic heterocycles. The van der Waals surface area contributed by atoms with E-state index in [-0.39, 0.29) is 5.69 Å². The molecule has 0 radical (unpaired) electrons. The third-order valence-electron chi connectivity index (χ3n) is 1.76. The Hall–Kier alpha value is -1.62. The van der Waals surface area contributed by atoms with E-state index >= 15 is 0 Å². The van der Waals surface area contributed by atoms with Crippen molar-refractivity contribution in [3.05, 3.63) is 46.2 Å². The molecule has 4 nitrogen and oxygen atoms in total. The lowest BCUT2D eigenvalue weighted by Gasteiger charge is -2.14. The molecule has 1 rings (SSSR count). The maximum absolute atomic E-state index is 10.5. The normalized spacial score (nSPS) is 11.7. The van der Waals surface area contributed by atoms with Gasteiger partial charge in [-0.05, 0) is 31.3 Å². The molecule has 0 fully saturated rings. The second kappa shape index (κ2) is 4.94. The fourth-order valence-electron chi connectivity index (χ4n) is 1.06. The fourth-order valence-corrected chi connectivity index (χ4v) is 1.54. The van der Waals surface area contributed by atoms with Gasteiger partial charge in [0.15, 0.2) is 0 Å². The monoisotopic (exact) mass is 237 g/mol. The summed E-state index contributed by atoms with van der Waals surface area (Å²) in [7, 11) is -1.57. The Morgan fingerprint density at radius 2 is 2.06 bits per heavy atom. The number of non-ortho nitro benzene ring substituents is 1. The topological polar surface area (TPSA) is 52.4 Å². The first kappa shape index (κ1) is 12.4.